The largest absolute Gasteiger partial charge is 0.456 e. The molecule has 0 spiro atoms. The molecule has 5 nitrogen and oxygen atoms in total. The van der Waals surface area contributed by atoms with Crippen molar-refractivity contribution in [1.82, 2.24) is 15.0 Å². The number of nitrogens with zero attached hydrogens (tertiary/aromatic N) is 4. The van der Waals surface area contributed by atoms with Crippen LogP contribution in [0.2, 0.25) is 0 Å². The number of furan rings is 1. The molecule has 0 saturated carbocycles. The van der Waals surface area contributed by atoms with Crippen LogP contribution >= 0.6 is 0 Å². The Morgan fingerprint density at radius 3 is 1.56 bits per heavy atom. The highest BCUT2D eigenvalue weighted by Gasteiger charge is 2.16. The van der Waals surface area contributed by atoms with Gasteiger partial charge in [-0.25, -0.2) is 15.0 Å². The third-order valence-electron chi connectivity index (χ3n) is 9.33. The SMILES string of the molecule is [2H]c1c(-c2nc(-c3ccccc3)nc(-c3ccccc3)n2)c([2H])c2c(oc3c([2H])c(-c4ccc5cc(N(c6ccccc6)c6ccccc6)ccc5c4)c([2H])c([2H])c32)c1[2H]. The summed E-state index contributed by atoms with van der Waals surface area (Å²) in [5.41, 5.74) is 4.93. The quantitative estimate of drug-likeness (QED) is 0.166. The molecule has 0 saturated heterocycles. The molecule has 0 unspecified atom stereocenters. The van der Waals surface area contributed by atoms with Crippen molar-refractivity contribution in [1.29, 1.82) is 0 Å². The first-order chi connectivity index (χ1) is 29.3. The van der Waals surface area contributed by atoms with E-state index in [0.717, 1.165) is 27.8 Å². The van der Waals surface area contributed by atoms with Crippen molar-refractivity contribution in [3.63, 3.8) is 0 Å². The highest BCUT2D eigenvalue weighted by Crippen LogP contribution is 2.38. The summed E-state index contributed by atoms with van der Waals surface area (Å²) in [5, 5.41) is 1.92. The van der Waals surface area contributed by atoms with E-state index in [0.29, 0.717) is 28.3 Å². The lowest BCUT2D eigenvalue weighted by atomic mass is 9.99. The zero-order valence-electron chi connectivity index (χ0n) is 34.7. The van der Waals surface area contributed by atoms with Crippen LogP contribution in [0.3, 0.4) is 0 Å². The van der Waals surface area contributed by atoms with Crippen molar-refractivity contribution in [2.24, 2.45) is 0 Å². The van der Waals surface area contributed by atoms with Gasteiger partial charge >= 0.3 is 0 Å². The molecule has 5 heteroatoms. The van der Waals surface area contributed by atoms with E-state index in [-0.39, 0.29) is 75.1 Å². The highest BCUT2D eigenvalue weighted by atomic mass is 16.3. The van der Waals surface area contributed by atoms with Crippen LogP contribution in [0.4, 0.5) is 17.1 Å². The van der Waals surface area contributed by atoms with E-state index >= 15 is 0 Å². The molecular weight excluding hydrogens is 661 g/mol. The molecule has 0 amide bonds. The monoisotopic (exact) mass is 698 g/mol. The molecule has 2 heterocycles. The van der Waals surface area contributed by atoms with E-state index in [1.54, 1.807) is 0 Å². The van der Waals surface area contributed by atoms with E-state index in [1.165, 1.54) is 0 Å². The van der Waals surface area contributed by atoms with E-state index < -0.39 is 0 Å². The number of benzene rings is 8. The van der Waals surface area contributed by atoms with Crippen LogP contribution in [-0.4, -0.2) is 15.0 Å². The van der Waals surface area contributed by atoms with Gasteiger partial charge in [-0.3, -0.25) is 0 Å². The number of fused-ring (bicyclic) bond motifs is 4. The zero-order valence-corrected chi connectivity index (χ0v) is 28.7. The van der Waals surface area contributed by atoms with Crippen molar-refractivity contribution in [2.75, 3.05) is 4.90 Å². The van der Waals surface area contributed by atoms with Crippen molar-refractivity contribution in [3.05, 3.63) is 194 Å². The summed E-state index contributed by atoms with van der Waals surface area (Å²) >= 11 is 0. The second-order valence-corrected chi connectivity index (χ2v) is 12.8. The van der Waals surface area contributed by atoms with E-state index in [9.17, 15) is 5.48 Å². The number of para-hydroxylation sites is 2. The molecule has 10 aromatic rings. The molecule has 54 heavy (non-hydrogen) atoms. The molecule has 0 atom stereocenters. The predicted octanol–water partition coefficient (Wildman–Crippen LogP) is 13.1. The van der Waals surface area contributed by atoms with Gasteiger partial charge in [-0.15, -0.1) is 0 Å². The number of hydrogen-bond donors (Lipinski definition) is 0. The minimum Gasteiger partial charge on any atom is -0.456 e. The Kier molecular flexibility index (Phi) is 6.30. The highest BCUT2D eigenvalue weighted by molar-refractivity contribution is 6.07. The number of rotatable bonds is 7. The van der Waals surface area contributed by atoms with Gasteiger partial charge in [0.25, 0.3) is 0 Å². The van der Waals surface area contributed by atoms with Crippen molar-refractivity contribution >= 4 is 49.8 Å². The first-order valence-corrected chi connectivity index (χ1v) is 17.5. The van der Waals surface area contributed by atoms with Gasteiger partial charge in [0.05, 0.1) is 8.22 Å². The molecular formula is C49H32N4O. The van der Waals surface area contributed by atoms with Crippen LogP contribution in [-0.2, 0) is 0 Å². The van der Waals surface area contributed by atoms with Crippen LogP contribution in [0.1, 0.15) is 8.22 Å². The minimum atomic E-state index is -0.344. The van der Waals surface area contributed by atoms with Crippen LogP contribution in [0.15, 0.2) is 198 Å². The maximum absolute atomic E-state index is 9.49. The van der Waals surface area contributed by atoms with Crippen molar-refractivity contribution in [3.8, 4) is 45.3 Å². The van der Waals surface area contributed by atoms with Crippen molar-refractivity contribution in [2.45, 2.75) is 0 Å². The average molecular weight is 699 g/mol. The Balaban J connectivity index is 1.12. The van der Waals surface area contributed by atoms with Crippen LogP contribution in [0.5, 0.6) is 0 Å². The predicted molar refractivity (Wildman–Crippen MR) is 221 cm³/mol. The van der Waals surface area contributed by atoms with Crippen LogP contribution in [0.25, 0.3) is 78.0 Å². The molecule has 10 rings (SSSR count). The Bertz CT molecular complexity index is 3180. The Labute approximate surface area is 320 Å². The molecule has 0 N–H and O–H groups in total. The molecule has 8 aromatic carbocycles. The first-order valence-electron chi connectivity index (χ1n) is 20.5. The van der Waals surface area contributed by atoms with Crippen molar-refractivity contribution < 1.29 is 12.6 Å². The fourth-order valence-corrected chi connectivity index (χ4v) is 6.70. The molecule has 0 bridgehead atoms. The fourth-order valence-electron chi connectivity index (χ4n) is 6.70. The van der Waals surface area contributed by atoms with Crippen LogP contribution < -0.4 is 4.90 Å². The lowest BCUT2D eigenvalue weighted by molar-refractivity contribution is 0.669. The first kappa shape index (κ1) is 25.6. The molecule has 254 valence electrons. The molecule has 0 fully saturated rings. The summed E-state index contributed by atoms with van der Waals surface area (Å²) < 4.78 is 61.8. The Morgan fingerprint density at radius 2 is 0.926 bits per heavy atom. The summed E-state index contributed by atoms with van der Waals surface area (Å²) in [6.07, 6.45) is 0. The Hall–Kier alpha value is -7.37. The maximum atomic E-state index is 9.49. The summed E-state index contributed by atoms with van der Waals surface area (Å²) in [5.74, 6) is 0.662. The summed E-state index contributed by atoms with van der Waals surface area (Å²) in [7, 11) is 0. The van der Waals surface area contributed by atoms with Gasteiger partial charge in [0.15, 0.2) is 17.5 Å². The third-order valence-corrected chi connectivity index (χ3v) is 9.33. The maximum Gasteiger partial charge on any atom is 0.164 e. The Morgan fingerprint density at radius 1 is 0.389 bits per heavy atom. The second kappa shape index (κ2) is 13.3. The van der Waals surface area contributed by atoms with E-state index in [4.69, 9.17) is 22.1 Å². The smallest absolute Gasteiger partial charge is 0.164 e. The number of anilines is 3. The molecule has 0 aliphatic heterocycles. The summed E-state index contributed by atoms with van der Waals surface area (Å²) in [6.45, 7) is 0. The standard InChI is InChI=1S/C49H32N4O/c1-5-13-33(14-6-1)47-50-48(34-15-7-2-8-16-34)52-49(51-47)39-25-28-45-44(31-39)43-27-24-38(32-46(43)54-45)35-21-22-37-30-42(26-23-36(37)29-35)53(40-17-9-3-10-18-40)41-19-11-4-12-20-41/h1-32H/i24D,25D,27D,28D,31D,32D. The molecule has 0 aliphatic rings. The van der Waals surface area contributed by atoms with Gasteiger partial charge in [-0.1, -0.05) is 121 Å². The van der Waals surface area contributed by atoms with Crippen LogP contribution in [0, 0.1) is 0 Å². The lowest BCUT2D eigenvalue weighted by Gasteiger charge is -2.25. The lowest BCUT2D eigenvalue weighted by Crippen LogP contribution is -2.09. The van der Waals surface area contributed by atoms with Gasteiger partial charge in [0.1, 0.15) is 11.2 Å². The van der Waals surface area contributed by atoms with Gasteiger partial charge < -0.3 is 9.32 Å². The molecule has 0 aliphatic carbocycles. The normalized spacial score (nSPS) is 12.9. The molecule has 0 radical (unpaired) electrons. The number of hydrogen-bond acceptors (Lipinski definition) is 5. The summed E-state index contributed by atoms with van der Waals surface area (Å²) in [6, 6.07) is 49.2. The molecule has 2 aromatic heterocycles. The van der Waals surface area contributed by atoms with E-state index in [2.05, 4.69) is 35.2 Å². The number of aromatic nitrogens is 3. The zero-order chi connectivity index (χ0) is 41.1. The topological polar surface area (TPSA) is 55.1 Å². The summed E-state index contributed by atoms with van der Waals surface area (Å²) in [4.78, 5) is 16.3. The minimum absolute atomic E-state index is 0.0118. The van der Waals surface area contributed by atoms with Gasteiger partial charge in [-0.2, -0.15) is 0 Å². The van der Waals surface area contributed by atoms with Gasteiger partial charge in [0, 0.05) is 44.5 Å². The second-order valence-electron chi connectivity index (χ2n) is 12.8. The third kappa shape index (κ3) is 5.84. The average Bonchev–Trinajstić information content (AvgIpc) is 3.71. The van der Waals surface area contributed by atoms with E-state index in [1.807, 2.05) is 127 Å². The van der Waals surface area contributed by atoms with Gasteiger partial charge in [-0.05, 0) is 94.6 Å². The van der Waals surface area contributed by atoms with Gasteiger partial charge in [0.2, 0.25) is 0 Å². The fraction of sp³-hybridized carbons (Fsp3) is 0.